The first-order chi connectivity index (χ1) is 16.0. The van der Waals surface area contributed by atoms with Crippen molar-refractivity contribution in [3.8, 4) is 0 Å². The molecule has 0 aromatic carbocycles. The highest BCUT2D eigenvalue weighted by atomic mass is 32.2. The number of hydrogen-bond acceptors (Lipinski definition) is 6. The minimum absolute atomic E-state index is 0.0276. The van der Waals surface area contributed by atoms with Gasteiger partial charge in [0.05, 0.1) is 19.3 Å². The maximum atomic E-state index is 13.4. The number of ether oxygens (including phenoxy) is 1. The summed E-state index contributed by atoms with van der Waals surface area (Å²) in [4.78, 5) is 46.0. The molecule has 9 heteroatoms. The van der Waals surface area contributed by atoms with Gasteiger partial charge in [-0.2, -0.15) is 11.8 Å². The molecule has 0 spiro atoms. The molecule has 1 N–H and O–H groups in total. The normalized spacial score (nSPS) is 20.9. The van der Waals surface area contributed by atoms with Gasteiger partial charge >= 0.3 is 0 Å². The molecule has 1 aliphatic carbocycles. The number of nitrogens with one attached hydrogen (secondary N) is 1. The zero-order valence-electron chi connectivity index (χ0n) is 19.7. The van der Waals surface area contributed by atoms with Crippen LogP contribution in [0.4, 0.5) is 0 Å². The lowest BCUT2D eigenvalue weighted by molar-refractivity contribution is -0.142. The van der Waals surface area contributed by atoms with Crippen molar-refractivity contribution in [2.45, 2.75) is 70.2 Å². The molecule has 33 heavy (non-hydrogen) atoms. The number of rotatable bonds is 9. The molecule has 0 unspecified atom stereocenters. The van der Waals surface area contributed by atoms with Gasteiger partial charge in [-0.3, -0.25) is 19.4 Å². The Morgan fingerprint density at radius 1 is 1.21 bits per heavy atom. The summed E-state index contributed by atoms with van der Waals surface area (Å²) in [6, 6.07) is 3.37. The first-order valence-electron chi connectivity index (χ1n) is 11.8. The van der Waals surface area contributed by atoms with Crippen LogP contribution in [0.25, 0.3) is 0 Å². The van der Waals surface area contributed by atoms with E-state index in [9.17, 15) is 14.4 Å². The summed E-state index contributed by atoms with van der Waals surface area (Å²) in [6.45, 7) is 2.64. The molecule has 2 fully saturated rings. The Morgan fingerprint density at radius 2 is 1.94 bits per heavy atom. The molecular weight excluding hydrogens is 440 g/mol. The Labute approximate surface area is 200 Å². The highest BCUT2D eigenvalue weighted by Crippen LogP contribution is 2.25. The number of carbonyl (C=O) groups is 3. The van der Waals surface area contributed by atoms with Crippen LogP contribution < -0.4 is 5.32 Å². The van der Waals surface area contributed by atoms with Gasteiger partial charge in [-0.15, -0.1) is 0 Å². The van der Waals surface area contributed by atoms with Crippen LogP contribution >= 0.6 is 11.8 Å². The monoisotopic (exact) mass is 476 g/mol. The molecule has 8 nitrogen and oxygen atoms in total. The number of aromatic nitrogens is 1. The standard InChI is InChI=1S/C24H36N4O4S/c1-18(29)26-22(10-13-33-2)24(31)27-14-21(32-17-19-8-11-25-12-9-19)15-28(23(30)16-27)20-6-4-3-5-7-20/h8-9,11-12,20-22H,3-7,10,13-17H2,1-2H3,(H,26,29)/t21-,22-/m0/s1. The number of carbonyl (C=O) groups excluding carboxylic acids is 3. The predicted molar refractivity (Wildman–Crippen MR) is 129 cm³/mol. The van der Waals surface area contributed by atoms with Gasteiger partial charge < -0.3 is 19.9 Å². The second-order valence-electron chi connectivity index (χ2n) is 8.88. The van der Waals surface area contributed by atoms with Crippen LogP contribution in [0.3, 0.4) is 0 Å². The fourth-order valence-corrected chi connectivity index (χ4v) is 5.09. The zero-order valence-corrected chi connectivity index (χ0v) is 20.5. The van der Waals surface area contributed by atoms with Crippen LogP contribution in [0.15, 0.2) is 24.5 Å². The maximum absolute atomic E-state index is 13.4. The van der Waals surface area contributed by atoms with E-state index in [1.807, 2.05) is 23.3 Å². The Kier molecular flexibility index (Phi) is 9.99. The molecule has 2 aliphatic rings. The lowest BCUT2D eigenvalue weighted by atomic mass is 9.94. The number of hydrogen-bond donors (Lipinski definition) is 1. The van der Waals surface area contributed by atoms with Crippen molar-refractivity contribution in [3.63, 3.8) is 0 Å². The molecule has 1 saturated carbocycles. The van der Waals surface area contributed by atoms with Crippen molar-refractivity contribution in [3.05, 3.63) is 30.1 Å². The fraction of sp³-hybridized carbons (Fsp3) is 0.667. The summed E-state index contributed by atoms with van der Waals surface area (Å²) in [5, 5.41) is 2.78. The van der Waals surface area contributed by atoms with E-state index in [1.54, 1.807) is 29.1 Å². The summed E-state index contributed by atoms with van der Waals surface area (Å²) in [5.74, 6) is 0.256. The number of amides is 3. The van der Waals surface area contributed by atoms with Gasteiger partial charge in [-0.25, -0.2) is 0 Å². The minimum Gasteiger partial charge on any atom is -0.370 e. The second kappa shape index (κ2) is 12.9. The third kappa shape index (κ3) is 7.71. The van der Waals surface area contributed by atoms with Crippen LogP contribution in [0.2, 0.25) is 0 Å². The minimum atomic E-state index is -0.634. The van der Waals surface area contributed by atoms with Gasteiger partial charge in [0.25, 0.3) is 0 Å². The second-order valence-corrected chi connectivity index (χ2v) is 9.87. The fourth-order valence-electron chi connectivity index (χ4n) is 4.61. The van der Waals surface area contributed by atoms with E-state index in [0.29, 0.717) is 26.1 Å². The van der Waals surface area contributed by atoms with E-state index in [0.717, 1.165) is 37.0 Å². The van der Waals surface area contributed by atoms with Gasteiger partial charge in [-0.05, 0) is 49.0 Å². The Bertz CT molecular complexity index is 788. The van der Waals surface area contributed by atoms with Crippen molar-refractivity contribution in [1.29, 1.82) is 0 Å². The van der Waals surface area contributed by atoms with E-state index in [4.69, 9.17) is 4.74 Å². The Hall–Kier alpha value is -2.13. The van der Waals surface area contributed by atoms with Crippen molar-refractivity contribution in [1.82, 2.24) is 20.1 Å². The van der Waals surface area contributed by atoms with Crippen molar-refractivity contribution in [2.24, 2.45) is 0 Å². The predicted octanol–water partition coefficient (Wildman–Crippen LogP) is 2.23. The third-order valence-corrected chi connectivity index (χ3v) is 6.96. The van der Waals surface area contributed by atoms with Crippen molar-refractivity contribution in [2.75, 3.05) is 31.6 Å². The molecule has 182 valence electrons. The van der Waals surface area contributed by atoms with Crippen LogP contribution in [0.1, 0.15) is 51.0 Å². The summed E-state index contributed by atoms with van der Waals surface area (Å²) < 4.78 is 6.23. The first kappa shape index (κ1) is 25.5. The van der Waals surface area contributed by atoms with E-state index in [1.165, 1.54) is 13.3 Å². The van der Waals surface area contributed by atoms with E-state index >= 15 is 0 Å². The molecule has 3 rings (SSSR count). The molecular formula is C24H36N4O4S. The van der Waals surface area contributed by atoms with Crippen LogP contribution in [0.5, 0.6) is 0 Å². The average Bonchev–Trinajstić information content (AvgIpc) is 2.99. The smallest absolute Gasteiger partial charge is 0.245 e. The zero-order chi connectivity index (χ0) is 23.6. The Morgan fingerprint density at radius 3 is 2.61 bits per heavy atom. The van der Waals surface area contributed by atoms with E-state index in [2.05, 4.69) is 10.3 Å². The van der Waals surface area contributed by atoms with Gasteiger partial charge in [-0.1, -0.05) is 19.3 Å². The summed E-state index contributed by atoms with van der Waals surface area (Å²) in [6.07, 6.45) is 11.1. The third-order valence-electron chi connectivity index (χ3n) is 6.32. The number of nitrogens with zero attached hydrogens (tertiary/aromatic N) is 3. The molecule has 2 atom stereocenters. The van der Waals surface area contributed by atoms with Gasteiger partial charge in [0, 0.05) is 38.4 Å². The lowest BCUT2D eigenvalue weighted by Gasteiger charge is -2.34. The van der Waals surface area contributed by atoms with Crippen molar-refractivity contribution < 1.29 is 19.1 Å². The van der Waals surface area contributed by atoms with Crippen LogP contribution in [-0.2, 0) is 25.7 Å². The SMILES string of the molecule is CSCC[C@H](NC(C)=O)C(=O)N1CC(=O)N(C2CCCCC2)C[C@@H](OCc2ccncc2)C1. The molecule has 1 aromatic heterocycles. The molecule has 0 radical (unpaired) electrons. The van der Waals surface area contributed by atoms with Crippen molar-refractivity contribution >= 4 is 29.5 Å². The summed E-state index contributed by atoms with van der Waals surface area (Å²) in [7, 11) is 0. The lowest BCUT2D eigenvalue weighted by Crippen LogP contribution is -2.51. The Balaban J connectivity index is 1.77. The largest absolute Gasteiger partial charge is 0.370 e. The molecule has 1 aliphatic heterocycles. The van der Waals surface area contributed by atoms with Gasteiger partial charge in [0.15, 0.2) is 0 Å². The van der Waals surface area contributed by atoms with Gasteiger partial charge in [0.1, 0.15) is 6.04 Å². The maximum Gasteiger partial charge on any atom is 0.245 e. The summed E-state index contributed by atoms with van der Waals surface area (Å²) >= 11 is 1.62. The van der Waals surface area contributed by atoms with Crippen LogP contribution in [0, 0.1) is 0 Å². The molecule has 3 amide bonds. The highest BCUT2D eigenvalue weighted by Gasteiger charge is 2.36. The molecule has 1 aromatic rings. The molecule has 2 heterocycles. The summed E-state index contributed by atoms with van der Waals surface area (Å²) in [5.41, 5.74) is 0.999. The average molecular weight is 477 g/mol. The topological polar surface area (TPSA) is 91.8 Å². The highest BCUT2D eigenvalue weighted by molar-refractivity contribution is 7.98. The van der Waals surface area contributed by atoms with Crippen LogP contribution in [-0.4, -0.2) is 82.3 Å². The quantitative estimate of drug-likeness (QED) is 0.588. The van der Waals surface area contributed by atoms with E-state index < -0.39 is 6.04 Å². The molecule has 0 bridgehead atoms. The van der Waals surface area contributed by atoms with Gasteiger partial charge in [0.2, 0.25) is 17.7 Å². The number of thioether (sulfide) groups is 1. The van der Waals surface area contributed by atoms with E-state index in [-0.39, 0.29) is 36.4 Å². The first-order valence-corrected chi connectivity index (χ1v) is 13.2. The molecule has 1 saturated heterocycles. The number of pyridine rings is 1.